The molecule has 0 aromatic heterocycles. The number of methoxy groups -OCH3 is 1. The summed E-state index contributed by atoms with van der Waals surface area (Å²) in [6.45, 7) is 1.43. The number of halogens is 2. The van der Waals surface area contributed by atoms with E-state index in [0.29, 0.717) is 13.1 Å². The third-order valence-corrected chi connectivity index (χ3v) is 3.14. The summed E-state index contributed by atoms with van der Waals surface area (Å²) in [5, 5.41) is 0. The highest BCUT2D eigenvalue weighted by Crippen LogP contribution is 2.26. The maximum Gasteiger partial charge on any atom is 0.340 e. The molecule has 1 aromatic carbocycles. The predicted octanol–water partition coefficient (Wildman–Crippen LogP) is 2.74. The van der Waals surface area contributed by atoms with E-state index < -0.39 is 17.6 Å². The molecule has 0 spiro atoms. The fourth-order valence-corrected chi connectivity index (χ4v) is 2.18. The van der Waals surface area contributed by atoms with Crippen LogP contribution in [0.4, 0.5) is 14.5 Å². The number of rotatable bonds is 2. The van der Waals surface area contributed by atoms with Crippen LogP contribution in [0.5, 0.6) is 0 Å². The molecule has 2 rings (SSSR count). The van der Waals surface area contributed by atoms with Gasteiger partial charge in [0, 0.05) is 19.2 Å². The lowest BCUT2D eigenvalue weighted by Gasteiger charge is -2.29. The molecule has 0 amide bonds. The molecule has 0 atom stereocenters. The van der Waals surface area contributed by atoms with E-state index in [1.165, 1.54) is 0 Å². The Balaban J connectivity index is 2.33. The Morgan fingerprint density at radius 2 is 1.83 bits per heavy atom. The van der Waals surface area contributed by atoms with Gasteiger partial charge in [0.1, 0.15) is 11.6 Å². The Bertz CT molecular complexity index is 457. The first-order chi connectivity index (χ1) is 8.63. The van der Waals surface area contributed by atoms with Crippen LogP contribution in [0.2, 0.25) is 0 Å². The Hall–Kier alpha value is -1.65. The summed E-state index contributed by atoms with van der Waals surface area (Å²) in [7, 11) is 1.14. The summed E-state index contributed by atoms with van der Waals surface area (Å²) in [6, 6.07) is 1.98. The highest BCUT2D eigenvalue weighted by atomic mass is 19.1. The fourth-order valence-electron chi connectivity index (χ4n) is 2.18. The molecule has 1 heterocycles. The van der Waals surface area contributed by atoms with Crippen molar-refractivity contribution in [2.24, 2.45) is 0 Å². The maximum atomic E-state index is 13.9. The molecule has 1 saturated heterocycles. The van der Waals surface area contributed by atoms with Gasteiger partial charge in [0.25, 0.3) is 0 Å². The lowest BCUT2D eigenvalue weighted by atomic mass is 10.1. The number of nitrogens with zero attached hydrogens (tertiary/aromatic N) is 1. The second-order valence-corrected chi connectivity index (χ2v) is 4.32. The average Bonchev–Trinajstić information content (AvgIpc) is 2.41. The van der Waals surface area contributed by atoms with Gasteiger partial charge >= 0.3 is 5.97 Å². The summed E-state index contributed by atoms with van der Waals surface area (Å²) >= 11 is 0. The van der Waals surface area contributed by atoms with E-state index in [1.807, 2.05) is 4.90 Å². The van der Waals surface area contributed by atoms with Gasteiger partial charge in [0.15, 0.2) is 0 Å². The van der Waals surface area contributed by atoms with Crippen molar-refractivity contribution >= 4 is 11.7 Å². The molecule has 0 saturated carbocycles. The van der Waals surface area contributed by atoms with Crippen LogP contribution < -0.4 is 4.90 Å². The lowest BCUT2D eigenvalue weighted by Crippen LogP contribution is -2.30. The van der Waals surface area contributed by atoms with Crippen molar-refractivity contribution in [1.29, 1.82) is 0 Å². The molecule has 0 radical (unpaired) electrons. The highest BCUT2D eigenvalue weighted by Gasteiger charge is 2.20. The van der Waals surface area contributed by atoms with Crippen LogP contribution in [0.3, 0.4) is 0 Å². The fraction of sp³-hybridized carbons (Fsp3) is 0.462. The number of carbonyl (C=O) groups is 1. The molecular weight excluding hydrogens is 240 g/mol. The van der Waals surface area contributed by atoms with Crippen molar-refractivity contribution in [3.63, 3.8) is 0 Å². The van der Waals surface area contributed by atoms with Crippen molar-refractivity contribution in [3.05, 3.63) is 29.3 Å². The van der Waals surface area contributed by atoms with Crippen LogP contribution in [0.25, 0.3) is 0 Å². The van der Waals surface area contributed by atoms with Crippen molar-refractivity contribution in [2.75, 3.05) is 25.1 Å². The van der Waals surface area contributed by atoms with Crippen LogP contribution in [-0.4, -0.2) is 26.2 Å². The van der Waals surface area contributed by atoms with Gasteiger partial charge in [-0.05, 0) is 25.3 Å². The SMILES string of the molecule is COC(=O)c1cc(F)c(N2CCCCC2)cc1F. The molecule has 1 aliphatic heterocycles. The van der Waals surface area contributed by atoms with Crippen molar-refractivity contribution in [2.45, 2.75) is 19.3 Å². The number of hydrogen-bond donors (Lipinski definition) is 0. The van der Waals surface area contributed by atoms with Crippen LogP contribution in [0.15, 0.2) is 12.1 Å². The lowest BCUT2D eigenvalue weighted by molar-refractivity contribution is 0.0595. The molecule has 0 bridgehead atoms. The van der Waals surface area contributed by atoms with E-state index in [0.717, 1.165) is 38.5 Å². The topological polar surface area (TPSA) is 29.5 Å². The molecule has 0 aliphatic carbocycles. The van der Waals surface area contributed by atoms with E-state index in [9.17, 15) is 13.6 Å². The zero-order valence-corrected chi connectivity index (χ0v) is 10.2. The molecule has 5 heteroatoms. The minimum absolute atomic E-state index is 0.222. The van der Waals surface area contributed by atoms with Crippen molar-refractivity contribution < 1.29 is 18.3 Å². The van der Waals surface area contributed by atoms with Crippen LogP contribution in [-0.2, 0) is 4.74 Å². The van der Waals surface area contributed by atoms with Gasteiger partial charge in [-0.25, -0.2) is 13.6 Å². The maximum absolute atomic E-state index is 13.9. The second kappa shape index (κ2) is 5.33. The van der Waals surface area contributed by atoms with E-state index in [-0.39, 0.29) is 11.3 Å². The largest absolute Gasteiger partial charge is 0.465 e. The first-order valence-electron chi connectivity index (χ1n) is 5.96. The van der Waals surface area contributed by atoms with E-state index >= 15 is 0 Å². The Kier molecular flexibility index (Phi) is 3.79. The Labute approximate surface area is 104 Å². The van der Waals surface area contributed by atoms with Gasteiger partial charge < -0.3 is 9.64 Å². The molecular formula is C13H15F2NO2. The van der Waals surface area contributed by atoms with E-state index in [2.05, 4.69) is 4.74 Å². The van der Waals surface area contributed by atoms with Gasteiger partial charge in [-0.1, -0.05) is 0 Å². The first-order valence-corrected chi connectivity index (χ1v) is 5.96. The van der Waals surface area contributed by atoms with Crippen molar-refractivity contribution in [3.8, 4) is 0 Å². The molecule has 1 fully saturated rings. The molecule has 3 nitrogen and oxygen atoms in total. The quantitative estimate of drug-likeness (QED) is 0.761. The monoisotopic (exact) mass is 255 g/mol. The number of carbonyl (C=O) groups excluding carboxylic acids is 1. The number of benzene rings is 1. The zero-order chi connectivity index (χ0) is 13.1. The number of ether oxygens (including phenoxy) is 1. The van der Waals surface area contributed by atoms with Crippen molar-refractivity contribution in [1.82, 2.24) is 0 Å². The van der Waals surface area contributed by atoms with Crippen LogP contribution in [0.1, 0.15) is 29.6 Å². The van der Waals surface area contributed by atoms with Gasteiger partial charge in [0.2, 0.25) is 0 Å². The van der Waals surface area contributed by atoms with Crippen LogP contribution >= 0.6 is 0 Å². The van der Waals surface area contributed by atoms with Gasteiger partial charge in [-0.2, -0.15) is 0 Å². The average molecular weight is 255 g/mol. The second-order valence-electron chi connectivity index (χ2n) is 4.32. The first kappa shape index (κ1) is 12.8. The summed E-state index contributed by atoms with van der Waals surface area (Å²) in [6.07, 6.45) is 3.06. The minimum Gasteiger partial charge on any atom is -0.465 e. The number of hydrogen-bond acceptors (Lipinski definition) is 3. The van der Waals surface area contributed by atoms with Gasteiger partial charge in [-0.3, -0.25) is 0 Å². The van der Waals surface area contributed by atoms with E-state index in [4.69, 9.17) is 0 Å². The zero-order valence-electron chi connectivity index (χ0n) is 10.2. The Morgan fingerprint density at radius 1 is 1.17 bits per heavy atom. The third kappa shape index (κ3) is 2.44. The smallest absolute Gasteiger partial charge is 0.340 e. The molecule has 98 valence electrons. The normalized spacial score (nSPS) is 15.6. The molecule has 1 aromatic rings. The molecule has 18 heavy (non-hydrogen) atoms. The number of anilines is 1. The Morgan fingerprint density at radius 3 is 2.44 bits per heavy atom. The van der Waals surface area contributed by atoms with Crippen LogP contribution in [0, 0.1) is 11.6 Å². The summed E-state index contributed by atoms with van der Waals surface area (Å²) in [4.78, 5) is 13.0. The molecule has 0 unspecified atom stereocenters. The number of esters is 1. The molecule has 0 N–H and O–H groups in total. The minimum atomic E-state index is -0.864. The highest BCUT2D eigenvalue weighted by molar-refractivity contribution is 5.90. The standard InChI is InChI=1S/C13H15F2NO2/c1-18-13(17)9-7-11(15)12(8-10(9)14)16-5-3-2-4-6-16/h7-8H,2-6H2,1H3. The van der Waals surface area contributed by atoms with Gasteiger partial charge in [0.05, 0.1) is 18.4 Å². The van der Waals surface area contributed by atoms with Gasteiger partial charge in [-0.15, -0.1) is 0 Å². The summed E-state index contributed by atoms with van der Waals surface area (Å²) in [5.41, 5.74) is -0.143. The van der Waals surface area contributed by atoms with E-state index in [1.54, 1.807) is 0 Å². The molecule has 1 aliphatic rings. The summed E-state index contributed by atoms with van der Waals surface area (Å²) in [5.74, 6) is -2.20. The third-order valence-electron chi connectivity index (χ3n) is 3.14. The summed E-state index contributed by atoms with van der Waals surface area (Å²) < 4.78 is 32.0. The predicted molar refractivity (Wildman–Crippen MR) is 63.8 cm³/mol. The number of piperidine rings is 1.